The highest BCUT2D eigenvalue weighted by atomic mass is 16.5. The van der Waals surface area contributed by atoms with Crippen LogP contribution in [0.15, 0.2) is 24.5 Å². The zero-order valence-corrected chi connectivity index (χ0v) is 8.98. The SMILES string of the molecule is c1cc(CNCCC2CCOC2)ccn1. The lowest BCUT2D eigenvalue weighted by Gasteiger charge is -2.08. The topological polar surface area (TPSA) is 34.1 Å². The Morgan fingerprint density at radius 3 is 3.00 bits per heavy atom. The minimum atomic E-state index is 0.773. The maximum absolute atomic E-state index is 5.34. The molecular weight excluding hydrogens is 188 g/mol. The summed E-state index contributed by atoms with van der Waals surface area (Å²) in [4.78, 5) is 3.99. The standard InChI is InChI=1S/C12H18N2O/c1-5-13-6-2-11(1)9-14-7-3-12-4-8-15-10-12/h1-2,5-6,12,14H,3-4,7-10H2. The van der Waals surface area contributed by atoms with E-state index in [1.807, 2.05) is 24.5 Å². The lowest BCUT2D eigenvalue weighted by atomic mass is 10.1. The number of pyridine rings is 1. The molecule has 1 aliphatic rings. The Bertz CT molecular complexity index is 270. The van der Waals surface area contributed by atoms with Gasteiger partial charge in [0.05, 0.1) is 0 Å². The van der Waals surface area contributed by atoms with Crippen molar-refractivity contribution < 1.29 is 4.74 Å². The maximum Gasteiger partial charge on any atom is 0.0495 e. The summed E-state index contributed by atoms with van der Waals surface area (Å²) in [6, 6.07) is 4.09. The fraction of sp³-hybridized carbons (Fsp3) is 0.583. The van der Waals surface area contributed by atoms with Gasteiger partial charge in [0.1, 0.15) is 0 Å². The molecule has 0 spiro atoms. The second-order valence-electron chi connectivity index (χ2n) is 4.05. The lowest BCUT2D eigenvalue weighted by Crippen LogP contribution is -2.17. The molecule has 1 saturated heterocycles. The first kappa shape index (κ1) is 10.6. The number of rotatable bonds is 5. The molecule has 15 heavy (non-hydrogen) atoms. The predicted octanol–water partition coefficient (Wildman–Crippen LogP) is 1.60. The first-order valence-corrected chi connectivity index (χ1v) is 5.62. The molecule has 0 aliphatic carbocycles. The second kappa shape index (κ2) is 5.83. The van der Waals surface area contributed by atoms with E-state index in [-0.39, 0.29) is 0 Å². The van der Waals surface area contributed by atoms with Gasteiger partial charge in [0, 0.05) is 32.2 Å². The van der Waals surface area contributed by atoms with Crippen LogP contribution in [0.5, 0.6) is 0 Å². The van der Waals surface area contributed by atoms with E-state index in [9.17, 15) is 0 Å². The van der Waals surface area contributed by atoms with E-state index < -0.39 is 0 Å². The van der Waals surface area contributed by atoms with Crippen molar-refractivity contribution in [2.24, 2.45) is 5.92 Å². The van der Waals surface area contributed by atoms with Crippen molar-refractivity contribution in [3.63, 3.8) is 0 Å². The Morgan fingerprint density at radius 2 is 2.27 bits per heavy atom. The molecule has 2 heterocycles. The number of hydrogen-bond acceptors (Lipinski definition) is 3. The fourth-order valence-corrected chi connectivity index (χ4v) is 1.85. The second-order valence-corrected chi connectivity index (χ2v) is 4.05. The van der Waals surface area contributed by atoms with Crippen LogP contribution in [0.2, 0.25) is 0 Å². The molecule has 0 aromatic carbocycles. The highest BCUT2D eigenvalue weighted by molar-refractivity contribution is 5.08. The monoisotopic (exact) mass is 206 g/mol. The molecule has 1 N–H and O–H groups in total. The van der Waals surface area contributed by atoms with Crippen molar-refractivity contribution in [2.45, 2.75) is 19.4 Å². The zero-order chi connectivity index (χ0) is 10.3. The van der Waals surface area contributed by atoms with Crippen molar-refractivity contribution in [1.82, 2.24) is 10.3 Å². The summed E-state index contributed by atoms with van der Waals surface area (Å²) < 4.78 is 5.34. The van der Waals surface area contributed by atoms with E-state index in [4.69, 9.17) is 4.74 Å². The van der Waals surface area contributed by atoms with Gasteiger partial charge in [-0.05, 0) is 43.0 Å². The van der Waals surface area contributed by atoms with E-state index in [0.29, 0.717) is 0 Å². The van der Waals surface area contributed by atoms with Gasteiger partial charge in [-0.15, -0.1) is 0 Å². The number of aromatic nitrogens is 1. The van der Waals surface area contributed by atoms with Crippen LogP contribution in [0, 0.1) is 5.92 Å². The average Bonchev–Trinajstić information content (AvgIpc) is 2.79. The normalized spacial score (nSPS) is 20.7. The molecule has 1 aromatic rings. The summed E-state index contributed by atoms with van der Waals surface area (Å²) in [7, 11) is 0. The third-order valence-electron chi connectivity index (χ3n) is 2.83. The quantitative estimate of drug-likeness (QED) is 0.743. The minimum absolute atomic E-state index is 0.773. The number of hydrogen-bond donors (Lipinski definition) is 1. The van der Waals surface area contributed by atoms with Crippen LogP contribution in [-0.4, -0.2) is 24.7 Å². The smallest absolute Gasteiger partial charge is 0.0495 e. The molecule has 0 radical (unpaired) electrons. The molecule has 3 heteroatoms. The first-order chi connectivity index (χ1) is 7.45. The Kier molecular flexibility index (Phi) is 4.11. The molecule has 1 fully saturated rings. The van der Waals surface area contributed by atoms with Gasteiger partial charge in [0.15, 0.2) is 0 Å². The van der Waals surface area contributed by atoms with Gasteiger partial charge in [0.2, 0.25) is 0 Å². The minimum Gasteiger partial charge on any atom is -0.381 e. The molecular formula is C12H18N2O. The van der Waals surface area contributed by atoms with Gasteiger partial charge in [-0.3, -0.25) is 4.98 Å². The summed E-state index contributed by atoms with van der Waals surface area (Å²) >= 11 is 0. The number of nitrogens with zero attached hydrogens (tertiary/aromatic N) is 1. The fourth-order valence-electron chi connectivity index (χ4n) is 1.85. The van der Waals surface area contributed by atoms with E-state index in [0.717, 1.165) is 32.2 Å². The van der Waals surface area contributed by atoms with E-state index >= 15 is 0 Å². The third kappa shape index (κ3) is 3.61. The van der Waals surface area contributed by atoms with Crippen molar-refractivity contribution in [3.05, 3.63) is 30.1 Å². The van der Waals surface area contributed by atoms with Crippen LogP contribution in [0.1, 0.15) is 18.4 Å². The van der Waals surface area contributed by atoms with E-state index in [1.165, 1.54) is 18.4 Å². The van der Waals surface area contributed by atoms with Gasteiger partial charge < -0.3 is 10.1 Å². The molecule has 1 atom stereocenters. The molecule has 1 aliphatic heterocycles. The van der Waals surface area contributed by atoms with Crippen molar-refractivity contribution >= 4 is 0 Å². The van der Waals surface area contributed by atoms with Crippen LogP contribution in [0.4, 0.5) is 0 Å². The van der Waals surface area contributed by atoms with Crippen molar-refractivity contribution in [2.75, 3.05) is 19.8 Å². The maximum atomic E-state index is 5.34. The van der Waals surface area contributed by atoms with Crippen molar-refractivity contribution in [3.8, 4) is 0 Å². The number of nitrogens with one attached hydrogen (secondary N) is 1. The average molecular weight is 206 g/mol. The Labute approximate surface area is 90.9 Å². The summed E-state index contributed by atoms with van der Waals surface area (Å²) in [6.45, 7) is 3.93. The van der Waals surface area contributed by atoms with E-state index in [1.54, 1.807) is 0 Å². The van der Waals surface area contributed by atoms with Crippen LogP contribution in [0.25, 0.3) is 0 Å². The predicted molar refractivity (Wildman–Crippen MR) is 59.5 cm³/mol. The van der Waals surface area contributed by atoms with Crippen LogP contribution >= 0.6 is 0 Å². The van der Waals surface area contributed by atoms with E-state index in [2.05, 4.69) is 10.3 Å². The first-order valence-electron chi connectivity index (χ1n) is 5.62. The van der Waals surface area contributed by atoms with Crippen molar-refractivity contribution in [1.29, 1.82) is 0 Å². The summed E-state index contributed by atoms with van der Waals surface area (Å²) in [5.74, 6) is 0.773. The molecule has 82 valence electrons. The van der Waals surface area contributed by atoms with Crippen LogP contribution in [0.3, 0.4) is 0 Å². The summed E-state index contributed by atoms with van der Waals surface area (Å²) in [6.07, 6.45) is 6.13. The highest BCUT2D eigenvalue weighted by Crippen LogP contribution is 2.15. The molecule has 1 unspecified atom stereocenters. The molecule has 0 bridgehead atoms. The molecule has 0 saturated carbocycles. The van der Waals surface area contributed by atoms with Gasteiger partial charge in [-0.1, -0.05) is 0 Å². The van der Waals surface area contributed by atoms with Gasteiger partial charge in [0.25, 0.3) is 0 Å². The third-order valence-corrected chi connectivity index (χ3v) is 2.83. The van der Waals surface area contributed by atoms with Crippen LogP contribution < -0.4 is 5.32 Å². The largest absolute Gasteiger partial charge is 0.381 e. The Hall–Kier alpha value is -0.930. The molecule has 3 nitrogen and oxygen atoms in total. The zero-order valence-electron chi connectivity index (χ0n) is 8.98. The number of ether oxygens (including phenoxy) is 1. The summed E-state index contributed by atoms with van der Waals surface area (Å²) in [5, 5.41) is 3.45. The van der Waals surface area contributed by atoms with Crippen LogP contribution in [-0.2, 0) is 11.3 Å². The Balaban J connectivity index is 1.59. The van der Waals surface area contributed by atoms with Gasteiger partial charge >= 0.3 is 0 Å². The molecule has 2 rings (SSSR count). The van der Waals surface area contributed by atoms with Gasteiger partial charge in [-0.2, -0.15) is 0 Å². The molecule has 0 amide bonds. The molecule has 1 aromatic heterocycles. The lowest BCUT2D eigenvalue weighted by molar-refractivity contribution is 0.184. The van der Waals surface area contributed by atoms with Gasteiger partial charge in [-0.25, -0.2) is 0 Å². The summed E-state index contributed by atoms with van der Waals surface area (Å²) in [5.41, 5.74) is 1.30. The Morgan fingerprint density at radius 1 is 1.40 bits per heavy atom. The highest BCUT2D eigenvalue weighted by Gasteiger charge is 2.14.